The van der Waals surface area contributed by atoms with Gasteiger partial charge in [-0.2, -0.15) is 0 Å². The van der Waals surface area contributed by atoms with Gasteiger partial charge < -0.3 is 15.3 Å². The Balaban J connectivity index is 1.89. The lowest BCUT2D eigenvalue weighted by Gasteiger charge is -2.17. The first kappa shape index (κ1) is 14.1. The number of urea groups is 1. The van der Waals surface area contributed by atoms with Gasteiger partial charge in [-0.05, 0) is 42.5 Å². The molecule has 1 aliphatic rings. The number of benzene rings is 1. The molecule has 0 bridgehead atoms. The molecule has 0 atom stereocenters. The van der Waals surface area contributed by atoms with Crippen LogP contribution in [0.3, 0.4) is 0 Å². The molecule has 1 fully saturated rings. The third-order valence-corrected chi connectivity index (χ3v) is 3.16. The Morgan fingerprint density at radius 2 is 2.00 bits per heavy atom. The number of carbonyl (C=O) groups is 2. The van der Waals surface area contributed by atoms with Crippen molar-refractivity contribution in [2.45, 2.75) is 12.8 Å². The minimum atomic E-state index is -0.982. The first-order valence-electron chi connectivity index (χ1n) is 6.58. The van der Waals surface area contributed by atoms with Gasteiger partial charge in [0.25, 0.3) is 0 Å². The number of rotatable bonds is 5. The number of aliphatic carboxylic acids is 1. The molecule has 1 aliphatic carbocycles. The van der Waals surface area contributed by atoms with Gasteiger partial charge >= 0.3 is 12.0 Å². The second-order valence-electron chi connectivity index (χ2n) is 5.05. The molecular formula is C15H18N2O3. The quantitative estimate of drug-likeness (QED) is 0.811. The van der Waals surface area contributed by atoms with Crippen LogP contribution in [0.2, 0.25) is 0 Å². The molecule has 0 heterocycles. The molecule has 106 valence electrons. The van der Waals surface area contributed by atoms with Crippen molar-refractivity contribution in [1.29, 1.82) is 0 Å². The van der Waals surface area contributed by atoms with Gasteiger partial charge in [-0.25, -0.2) is 9.59 Å². The number of carboxylic acid groups (broad SMARTS) is 1. The van der Waals surface area contributed by atoms with E-state index in [0.29, 0.717) is 11.6 Å². The standard InChI is InChI=1S/C15H18N2O3/c1-17(10-12-2-3-12)15(20)16-13-7-4-11(5-8-13)6-9-14(18)19/h4-9,12H,2-3,10H2,1H3,(H,16,20)(H,18,19)/b9-6+. The molecule has 0 radical (unpaired) electrons. The first-order valence-corrected chi connectivity index (χ1v) is 6.58. The molecule has 5 heteroatoms. The number of carboxylic acids is 1. The summed E-state index contributed by atoms with van der Waals surface area (Å²) in [6.45, 7) is 0.797. The minimum Gasteiger partial charge on any atom is -0.478 e. The van der Waals surface area contributed by atoms with E-state index in [2.05, 4.69) is 5.32 Å². The molecule has 1 aromatic carbocycles. The van der Waals surface area contributed by atoms with E-state index in [1.165, 1.54) is 18.9 Å². The maximum atomic E-state index is 11.9. The Morgan fingerprint density at radius 3 is 2.55 bits per heavy atom. The van der Waals surface area contributed by atoms with Crippen LogP contribution in [0, 0.1) is 5.92 Å². The van der Waals surface area contributed by atoms with Crippen molar-refractivity contribution >= 4 is 23.8 Å². The molecular weight excluding hydrogens is 256 g/mol. The topological polar surface area (TPSA) is 69.6 Å². The zero-order chi connectivity index (χ0) is 14.5. The van der Waals surface area contributed by atoms with E-state index < -0.39 is 5.97 Å². The van der Waals surface area contributed by atoms with Crippen molar-refractivity contribution in [2.75, 3.05) is 18.9 Å². The van der Waals surface area contributed by atoms with Gasteiger partial charge in [0.2, 0.25) is 0 Å². The number of anilines is 1. The van der Waals surface area contributed by atoms with Crippen LogP contribution >= 0.6 is 0 Å². The van der Waals surface area contributed by atoms with Crippen molar-refractivity contribution in [1.82, 2.24) is 4.90 Å². The third kappa shape index (κ3) is 4.42. The highest BCUT2D eigenvalue weighted by Crippen LogP contribution is 2.29. The van der Waals surface area contributed by atoms with E-state index in [1.54, 1.807) is 36.2 Å². The molecule has 0 unspecified atom stereocenters. The molecule has 2 N–H and O–H groups in total. The van der Waals surface area contributed by atoms with E-state index >= 15 is 0 Å². The molecule has 0 aliphatic heterocycles. The van der Waals surface area contributed by atoms with Crippen LogP contribution in [0.5, 0.6) is 0 Å². The average Bonchev–Trinajstić information content (AvgIpc) is 3.21. The van der Waals surface area contributed by atoms with Crippen molar-refractivity contribution in [3.63, 3.8) is 0 Å². The van der Waals surface area contributed by atoms with E-state index in [4.69, 9.17) is 5.11 Å². The summed E-state index contributed by atoms with van der Waals surface area (Å²) in [7, 11) is 1.79. The lowest BCUT2D eigenvalue weighted by molar-refractivity contribution is -0.131. The Bertz CT molecular complexity index is 518. The lowest BCUT2D eigenvalue weighted by atomic mass is 10.2. The Labute approximate surface area is 117 Å². The van der Waals surface area contributed by atoms with Crippen molar-refractivity contribution in [2.24, 2.45) is 5.92 Å². The van der Waals surface area contributed by atoms with Crippen molar-refractivity contribution < 1.29 is 14.7 Å². The highest BCUT2D eigenvalue weighted by Gasteiger charge is 2.24. The second-order valence-corrected chi connectivity index (χ2v) is 5.05. The summed E-state index contributed by atoms with van der Waals surface area (Å²) in [5, 5.41) is 11.4. The number of hydrogen-bond acceptors (Lipinski definition) is 2. The predicted octanol–water partition coefficient (Wildman–Crippen LogP) is 2.66. The van der Waals surface area contributed by atoms with Gasteiger partial charge in [0.1, 0.15) is 0 Å². The summed E-state index contributed by atoms with van der Waals surface area (Å²) in [6, 6.07) is 6.91. The van der Waals surface area contributed by atoms with Crippen LogP contribution in [-0.2, 0) is 4.79 Å². The van der Waals surface area contributed by atoms with Crippen molar-refractivity contribution in [3.05, 3.63) is 35.9 Å². The summed E-state index contributed by atoms with van der Waals surface area (Å²) in [5.41, 5.74) is 1.47. The summed E-state index contributed by atoms with van der Waals surface area (Å²) < 4.78 is 0. The fourth-order valence-corrected chi connectivity index (χ4v) is 1.83. The summed E-state index contributed by atoms with van der Waals surface area (Å²) >= 11 is 0. The van der Waals surface area contributed by atoms with E-state index in [9.17, 15) is 9.59 Å². The van der Waals surface area contributed by atoms with Crippen LogP contribution in [0.1, 0.15) is 18.4 Å². The van der Waals surface area contributed by atoms with Gasteiger partial charge in [-0.1, -0.05) is 12.1 Å². The largest absolute Gasteiger partial charge is 0.478 e. The average molecular weight is 274 g/mol. The molecule has 2 amide bonds. The van der Waals surface area contributed by atoms with E-state index in [0.717, 1.165) is 18.2 Å². The SMILES string of the molecule is CN(CC1CC1)C(=O)Nc1ccc(/C=C/C(=O)O)cc1. The van der Waals surface area contributed by atoms with Crippen LogP contribution in [0.4, 0.5) is 10.5 Å². The number of nitrogens with zero attached hydrogens (tertiary/aromatic N) is 1. The Morgan fingerprint density at radius 1 is 1.35 bits per heavy atom. The second kappa shape index (κ2) is 6.23. The van der Waals surface area contributed by atoms with E-state index in [1.807, 2.05) is 0 Å². The van der Waals surface area contributed by atoms with Crippen LogP contribution < -0.4 is 5.32 Å². The molecule has 0 spiro atoms. The van der Waals surface area contributed by atoms with Gasteiger partial charge in [0, 0.05) is 25.4 Å². The summed E-state index contributed by atoms with van der Waals surface area (Å²) in [4.78, 5) is 24.0. The molecule has 0 aromatic heterocycles. The molecule has 2 rings (SSSR count). The van der Waals surface area contributed by atoms with Crippen LogP contribution in [-0.4, -0.2) is 35.6 Å². The smallest absolute Gasteiger partial charge is 0.328 e. The highest BCUT2D eigenvalue weighted by atomic mass is 16.4. The monoisotopic (exact) mass is 274 g/mol. The number of carbonyl (C=O) groups excluding carboxylic acids is 1. The number of amides is 2. The van der Waals surface area contributed by atoms with Crippen LogP contribution in [0.25, 0.3) is 6.08 Å². The van der Waals surface area contributed by atoms with E-state index in [-0.39, 0.29) is 6.03 Å². The molecule has 5 nitrogen and oxygen atoms in total. The molecule has 20 heavy (non-hydrogen) atoms. The fourth-order valence-electron chi connectivity index (χ4n) is 1.83. The Kier molecular flexibility index (Phi) is 4.40. The number of hydrogen-bond donors (Lipinski definition) is 2. The normalized spacial score (nSPS) is 14.2. The minimum absolute atomic E-state index is 0.120. The molecule has 0 saturated heterocycles. The van der Waals surface area contributed by atoms with Crippen LogP contribution in [0.15, 0.2) is 30.3 Å². The van der Waals surface area contributed by atoms with Gasteiger partial charge in [0.15, 0.2) is 0 Å². The maximum absolute atomic E-state index is 11.9. The van der Waals surface area contributed by atoms with Gasteiger partial charge in [0.05, 0.1) is 0 Å². The molecule has 1 aromatic rings. The maximum Gasteiger partial charge on any atom is 0.328 e. The first-order chi connectivity index (χ1) is 9.54. The zero-order valence-electron chi connectivity index (χ0n) is 11.4. The van der Waals surface area contributed by atoms with Crippen molar-refractivity contribution in [3.8, 4) is 0 Å². The summed E-state index contributed by atoms with van der Waals surface area (Å²) in [6.07, 6.45) is 5.01. The van der Waals surface area contributed by atoms with Gasteiger partial charge in [-0.3, -0.25) is 0 Å². The fraction of sp³-hybridized carbons (Fsp3) is 0.333. The number of nitrogens with one attached hydrogen (secondary N) is 1. The zero-order valence-corrected chi connectivity index (χ0v) is 11.4. The molecule has 1 saturated carbocycles. The third-order valence-electron chi connectivity index (χ3n) is 3.16. The lowest BCUT2D eigenvalue weighted by Crippen LogP contribution is -2.32. The summed E-state index contributed by atoms with van der Waals surface area (Å²) in [5.74, 6) is -0.321. The Hall–Kier alpha value is -2.30. The van der Waals surface area contributed by atoms with Gasteiger partial charge in [-0.15, -0.1) is 0 Å². The predicted molar refractivity (Wildman–Crippen MR) is 77.5 cm³/mol. The highest BCUT2D eigenvalue weighted by molar-refractivity contribution is 5.89.